The lowest BCUT2D eigenvalue weighted by atomic mass is 10.1. The van der Waals surface area contributed by atoms with Crippen LogP contribution >= 0.6 is 0 Å². The Morgan fingerprint density at radius 3 is 2.89 bits per heavy atom. The van der Waals surface area contributed by atoms with E-state index in [2.05, 4.69) is 15.5 Å². The maximum Gasteiger partial charge on any atom is 0.251 e. The van der Waals surface area contributed by atoms with Crippen molar-refractivity contribution in [1.29, 1.82) is 0 Å². The third kappa shape index (κ3) is 4.65. The fourth-order valence-electron chi connectivity index (χ4n) is 2.33. The Kier molecular flexibility index (Phi) is 5.36. The first-order chi connectivity index (χ1) is 9.25. The van der Waals surface area contributed by atoms with Crippen LogP contribution in [0, 0.1) is 6.92 Å². The molecule has 0 aliphatic carbocycles. The fourth-order valence-corrected chi connectivity index (χ4v) is 2.33. The average molecular weight is 261 g/mol. The number of carbonyl (C=O) groups is 1. The Morgan fingerprint density at radius 2 is 2.16 bits per heavy atom. The molecule has 0 spiro atoms. The van der Waals surface area contributed by atoms with Gasteiger partial charge < -0.3 is 15.5 Å². The van der Waals surface area contributed by atoms with Crippen molar-refractivity contribution < 1.29 is 4.79 Å². The topological polar surface area (TPSA) is 44.4 Å². The molecule has 1 heterocycles. The summed E-state index contributed by atoms with van der Waals surface area (Å²) < 4.78 is 0. The monoisotopic (exact) mass is 261 g/mol. The van der Waals surface area contributed by atoms with Crippen LogP contribution in [0.4, 0.5) is 0 Å². The number of carbonyl (C=O) groups excluding carboxylic acids is 1. The summed E-state index contributed by atoms with van der Waals surface area (Å²) in [4.78, 5) is 14.4. The molecule has 1 fully saturated rings. The molecule has 1 aliphatic rings. The Hall–Kier alpha value is -1.39. The zero-order valence-electron chi connectivity index (χ0n) is 11.6. The molecule has 4 nitrogen and oxygen atoms in total. The van der Waals surface area contributed by atoms with Crippen LogP contribution in [0.15, 0.2) is 24.3 Å². The van der Waals surface area contributed by atoms with Gasteiger partial charge in [-0.1, -0.05) is 17.7 Å². The summed E-state index contributed by atoms with van der Waals surface area (Å²) in [5.74, 6) is 0.0315. The highest BCUT2D eigenvalue weighted by atomic mass is 16.1. The van der Waals surface area contributed by atoms with Crippen LogP contribution in [-0.4, -0.2) is 50.1 Å². The third-order valence-corrected chi connectivity index (χ3v) is 3.43. The number of hydrogen-bond donors (Lipinski definition) is 2. The first-order valence-corrected chi connectivity index (χ1v) is 7.03. The second kappa shape index (κ2) is 7.26. The minimum Gasteiger partial charge on any atom is -0.352 e. The summed E-state index contributed by atoms with van der Waals surface area (Å²) in [5.41, 5.74) is 1.87. The Bertz CT molecular complexity index is 414. The Morgan fingerprint density at radius 1 is 1.37 bits per heavy atom. The predicted molar refractivity (Wildman–Crippen MR) is 77.4 cm³/mol. The van der Waals surface area contributed by atoms with Crippen molar-refractivity contribution in [3.05, 3.63) is 35.4 Å². The van der Waals surface area contributed by atoms with E-state index in [1.807, 2.05) is 31.2 Å². The lowest BCUT2D eigenvalue weighted by molar-refractivity contribution is 0.0951. The lowest BCUT2D eigenvalue weighted by Crippen LogP contribution is -2.44. The standard InChI is InChI=1S/C15H23N3O/c1-13-4-2-5-14(12-13)15(19)17-6-3-9-18-10-7-16-8-11-18/h2,4-5,12,16H,3,6-11H2,1H3,(H,17,19). The number of rotatable bonds is 5. The van der Waals surface area contributed by atoms with Crippen LogP contribution in [-0.2, 0) is 0 Å². The highest BCUT2D eigenvalue weighted by Gasteiger charge is 2.09. The minimum atomic E-state index is 0.0315. The Labute approximate surface area is 115 Å². The summed E-state index contributed by atoms with van der Waals surface area (Å²) in [5, 5.41) is 6.32. The average Bonchev–Trinajstić information content (AvgIpc) is 2.44. The largest absolute Gasteiger partial charge is 0.352 e. The van der Waals surface area contributed by atoms with Crippen LogP contribution in [0.5, 0.6) is 0 Å². The number of amides is 1. The third-order valence-electron chi connectivity index (χ3n) is 3.43. The van der Waals surface area contributed by atoms with Crippen molar-refractivity contribution in [2.75, 3.05) is 39.3 Å². The highest BCUT2D eigenvalue weighted by molar-refractivity contribution is 5.94. The molecule has 0 radical (unpaired) electrons. The zero-order valence-corrected chi connectivity index (χ0v) is 11.6. The molecular weight excluding hydrogens is 238 g/mol. The van der Waals surface area contributed by atoms with Gasteiger partial charge in [0.05, 0.1) is 0 Å². The van der Waals surface area contributed by atoms with E-state index < -0.39 is 0 Å². The van der Waals surface area contributed by atoms with Crippen LogP contribution < -0.4 is 10.6 Å². The van der Waals surface area contributed by atoms with E-state index in [-0.39, 0.29) is 5.91 Å². The van der Waals surface area contributed by atoms with Gasteiger partial charge in [-0.25, -0.2) is 0 Å². The van der Waals surface area contributed by atoms with Gasteiger partial charge in [0.25, 0.3) is 5.91 Å². The maximum atomic E-state index is 11.9. The van der Waals surface area contributed by atoms with Crippen LogP contribution in [0.2, 0.25) is 0 Å². The quantitative estimate of drug-likeness (QED) is 0.778. The highest BCUT2D eigenvalue weighted by Crippen LogP contribution is 2.03. The normalized spacial score (nSPS) is 16.3. The fraction of sp³-hybridized carbons (Fsp3) is 0.533. The molecule has 0 bridgehead atoms. The summed E-state index contributed by atoms with van der Waals surface area (Å²) in [6, 6.07) is 7.70. The number of piperazine rings is 1. The van der Waals surface area contributed by atoms with E-state index in [9.17, 15) is 4.79 Å². The summed E-state index contributed by atoms with van der Waals surface area (Å²) in [7, 11) is 0. The summed E-state index contributed by atoms with van der Waals surface area (Å²) >= 11 is 0. The molecule has 104 valence electrons. The van der Waals surface area contributed by atoms with Crippen molar-refractivity contribution in [2.45, 2.75) is 13.3 Å². The SMILES string of the molecule is Cc1cccc(C(=O)NCCCN2CCNCC2)c1. The molecule has 2 rings (SSSR count). The molecule has 4 heteroatoms. The minimum absolute atomic E-state index is 0.0315. The predicted octanol–water partition coefficient (Wildman–Crippen LogP) is 1.02. The number of benzene rings is 1. The number of hydrogen-bond acceptors (Lipinski definition) is 3. The Balaban J connectivity index is 1.66. The molecule has 0 atom stereocenters. The van der Waals surface area contributed by atoms with Crippen LogP contribution in [0.3, 0.4) is 0 Å². The van der Waals surface area contributed by atoms with Gasteiger partial charge >= 0.3 is 0 Å². The van der Waals surface area contributed by atoms with Gasteiger partial charge in [0, 0.05) is 38.3 Å². The molecule has 1 saturated heterocycles. The first-order valence-electron chi connectivity index (χ1n) is 7.03. The molecule has 0 saturated carbocycles. The molecule has 1 aromatic carbocycles. The van der Waals surface area contributed by atoms with Gasteiger partial charge in [0.15, 0.2) is 0 Å². The molecule has 1 aromatic rings. The van der Waals surface area contributed by atoms with Gasteiger partial charge in [-0.2, -0.15) is 0 Å². The van der Waals surface area contributed by atoms with Gasteiger partial charge in [-0.3, -0.25) is 4.79 Å². The lowest BCUT2D eigenvalue weighted by Gasteiger charge is -2.27. The van der Waals surface area contributed by atoms with Gasteiger partial charge in [0.1, 0.15) is 0 Å². The molecule has 1 aliphatic heterocycles. The second-order valence-electron chi connectivity index (χ2n) is 5.07. The van der Waals surface area contributed by atoms with E-state index in [0.717, 1.165) is 56.8 Å². The number of nitrogens with zero attached hydrogens (tertiary/aromatic N) is 1. The number of aryl methyl sites for hydroxylation is 1. The molecule has 0 unspecified atom stereocenters. The first kappa shape index (κ1) is 14.0. The van der Waals surface area contributed by atoms with Gasteiger partial charge in [-0.05, 0) is 32.0 Å². The van der Waals surface area contributed by atoms with Crippen molar-refractivity contribution in [3.63, 3.8) is 0 Å². The van der Waals surface area contributed by atoms with Gasteiger partial charge in [-0.15, -0.1) is 0 Å². The molecule has 1 amide bonds. The molecule has 19 heavy (non-hydrogen) atoms. The molecule has 0 aromatic heterocycles. The number of nitrogens with one attached hydrogen (secondary N) is 2. The van der Waals surface area contributed by atoms with Crippen LogP contribution in [0.1, 0.15) is 22.3 Å². The summed E-state index contributed by atoms with van der Waals surface area (Å²) in [6.45, 7) is 8.20. The van der Waals surface area contributed by atoms with Crippen LogP contribution in [0.25, 0.3) is 0 Å². The molecule has 2 N–H and O–H groups in total. The van der Waals surface area contributed by atoms with Crippen molar-refractivity contribution in [2.24, 2.45) is 0 Å². The van der Waals surface area contributed by atoms with E-state index in [1.54, 1.807) is 0 Å². The van der Waals surface area contributed by atoms with Crippen molar-refractivity contribution >= 4 is 5.91 Å². The smallest absolute Gasteiger partial charge is 0.251 e. The van der Waals surface area contributed by atoms with E-state index >= 15 is 0 Å². The van der Waals surface area contributed by atoms with E-state index in [4.69, 9.17) is 0 Å². The second-order valence-corrected chi connectivity index (χ2v) is 5.07. The van der Waals surface area contributed by atoms with E-state index in [0.29, 0.717) is 0 Å². The van der Waals surface area contributed by atoms with Gasteiger partial charge in [0.2, 0.25) is 0 Å². The maximum absolute atomic E-state index is 11.9. The zero-order chi connectivity index (χ0) is 13.5. The molecular formula is C15H23N3O. The van der Waals surface area contributed by atoms with Crippen molar-refractivity contribution in [1.82, 2.24) is 15.5 Å². The van der Waals surface area contributed by atoms with Crippen molar-refractivity contribution in [3.8, 4) is 0 Å². The summed E-state index contributed by atoms with van der Waals surface area (Å²) in [6.07, 6.45) is 1.01. The van der Waals surface area contributed by atoms with E-state index in [1.165, 1.54) is 0 Å².